The molecule has 0 aromatic heterocycles. The van der Waals surface area contributed by atoms with Gasteiger partial charge in [0.1, 0.15) is 0 Å². The van der Waals surface area contributed by atoms with Crippen LogP contribution >= 0.6 is 0 Å². The van der Waals surface area contributed by atoms with Crippen LogP contribution in [0.25, 0.3) is 77.2 Å². The summed E-state index contributed by atoms with van der Waals surface area (Å²) in [5.41, 5.74) is 21.8. The van der Waals surface area contributed by atoms with Crippen LogP contribution < -0.4 is 4.90 Å². The fourth-order valence-electron chi connectivity index (χ4n) is 10.0. The third kappa shape index (κ3) is 4.55. The topological polar surface area (TPSA) is 3.24 Å². The molecule has 11 rings (SSSR count). The van der Waals surface area contributed by atoms with Gasteiger partial charge in [0.15, 0.2) is 0 Å². The zero-order valence-corrected chi connectivity index (χ0v) is 32.2. The minimum absolute atomic E-state index is 0.237. The van der Waals surface area contributed by atoms with Crippen LogP contribution in [-0.4, -0.2) is 0 Å². The molecule has 266 valence electrons. The molecule has 0 aliphatic heterocycles. The zero-order valence-electron chi connectivity index (χ0n) is 32.2. The van der Waals surface area contributed by atoms with Gasteiger partial charge in [0.25, 0.3) is 0 Å². The molecule has 2 aliphatic carbocycles. The predicted molar refractivity (Wildman–Crippen MR) is 238 cm³/mol. The molecule has 0 atom stereocenters. The van der Waals surface area contributed by atoms with Crippen LogP contribution in [0.5, 0.6) is 0 Å². The Morgan fingerprint density at radius 2 is 0.893 bits per heavy atom. The predicted octanol–water partition coefficient (Wildman–Crippen LogP) is 15.4. The molecule has 0 spiro atoms. The number of rotatable bonds is 5. The molecule has 0 bridgehead atoms. The third-order valence-electron chi connectivity index (χ3n) is 12.6. The Hall–Kier alpha value is -6.70. The normalized spacial score (nSPS) is 13.1. The molecular formula is C55H41N. The maximum Gasteiger partial charge on any atom is 0.0490 e. The lowest BCUT2D eigenvalue weighted by molar-refractivity contribution is 0.661. The van der Waals surface area contributed by atoms with Crippen LogP contribution in [0, 0.1) is 13.8 Å². The Bertz CT molecular complexity index is 3010. The number of hydrogen-bond donors (Lipinski definition) is 0. The third-order valence-corrected chi connectivity index (χ3v) is 12.6. The summed E-state index contributed by atoms with van der Waals surface area (Å²) in [5, 5.41) is 5.28. The van der Waals surface area contributed by atoms with E-state index in [1.165, 1.54) is 116 Å². The van der Waals surface area contributed by atoms with E-state index >= 15 is 0 Å². The van der Waals surface area contributed by atoms with E-state index in [1.807, 2.05) is 0 Å². The molecule has 0 amide bonds. The highest BCUT2D eigenvalue weighted by atomic mass is 15.1. The van der Waals surface area contributed by atoms with Gasteiger partial charge >= 0.3 is 0 Å². The van der Waals surface area contributed by atoms with Crippen molar-refractivity contribution < 1.29 is 0 Å². The van der Waals surface area contributed by atoms with Crippen molar-refractivity contribution in [2.75, 3.05) is 4.90 Å². The van der Waals surface area contributed by atoms with Crippen molar-refractivity contribution in [1.29, 1.82) is 0 Å². The van der Waals surface area contributed by atoms with Crippen LogP contribution in [0.3, 0.4) is 0 Å². The van der Waals surface area contributed by atoms with Crippen LogP contribution in [0.4, 0.5) is 17.1 Å². The standard InChI is InChI=1S/C55H41N/c1-34-18-11-15-28-47(34)56(48-29-16-12-19-35(48)2)38-30-31-41-45(32-38)55(3,4)46-33-44-51-42(52(41)46)26-17-27-43(51)53-49(36-20-7-5-8-21-36)39-24-13-14-25-40(39)50(54(44)53)37-22-9-6-10-23-37/h5-33H,1-4H3. The molecule has 1 nitrogen and oxygen atoms in total. The largest absolute Gasteiger partial charge is 0.310 e. The van der Waals surface area contributed by atoms with Gasteiger partial charge in [0.05, 0.1) is 0 Å². The Balaban J connectivity index is 1.21. The Kier molecular flexibility index (Phi) is 7.10. The van der Waals surface area contributed by atoms with Gasteiger partial charge in [0.2, 0.25) is 0 Å². The van der Waals surface area contributed by atoms with Gasteiger partial charge in [-0.15, -0.1) is 0 Å². The Labute approximate surface area is 329 Å². The molecule has 0 N–H and O–H groups in total. The van der Waals surface area contributed by atoms with E-state index in [4.69, 9.17) is 0 Å². The molecule has 0 saturated carbocycles. The first-order valence-corrected chi connectivity index (χ1v) is 19.8. The lowest BCUT2D eigenvalue weighted by atomic mass is 9.79. The zero-order chi connectivity index (χ0) is 37.7. The van der Waals surface area contributed by atoms with Crippen molar-refractivity contribution in [3.05, 3.63) is 198 Å². The highest BCUT2D eigenvalue weighted by Crippen LogP contribution is 2.62. The molecular weight excluding hydrogens is 675 g/mol. The number of aryl methyl sites for hydroxylation is 2. The second kappa shape index (κ2) is 12.2. The van der Waals surface area contributed by atoms with Crippen LogP contribution in [0.2, 0.25) is 0 Å². The maximum absolute atomic E-state index is 2.57. The van der Waals surface area contributed by atoms with Crippen LogP contribution in [-0.2, 0) is 5.41 Å². The summed E-state index contributed by atoms with van der Waals surface area (Å²) < 4.78 is 0. The lowest BCUT2D eigenvalue weighted by Crippen LogP contribution is -2.17. The Morgan fingerprint density at radius 3 is 1.48 bits per heavy atom. The van der Waals surface area contributed by atoms with Gasteiger partial charge in [-0.25, -0.2) is 0 Å². The lowest BCUT2D eigenvalue weighted by Gasteiger charge is -2.30. The molecule has 0 unspecified atom stereocenters. The van der Waals surface area contributed by atoms with Crippen molar-refractivity contribution in [2.24, 2.45) is 0 Å². The van der Waals surface area contributed by atoms with Gasteiger partial charge in [-0.05, 0) is 144 Å². The van der Waals surface area contributed by atoms with E-state index in [0.717, 1.165) is 0 Å². The number of para-hydroxylation sites is 2. The van der Waals surface area contributed by atoms with Gasteiger partial charge in [-0.3, -0.25) is 0 Å². The van der Waals surface area contributed by atoms with E-state index in [-0.39, 0.29) is 5.41 Å². The van der Waals surface area contributed by atoms with Crippen molar-refractivity contribution in [1.82, 2.24) is 0 Å². The van der Waals surface area contributed by atoms with Gasteiger partial charge in [-0.1, -0.05) is 159 Å². The molecule has 0 saturated heterocycles. The summed E-state index contributed by atoms with van der Waals surface area (Å²) in [7, 11) is 0. The van der Waals surface area contributed by atoms with Crippen molar-refractivity contribution >= 4 is 38.6 Å². The van der Waals surface area contributed by atoms with E-state index in [2.05, 4.69) is 209 Å². The highest BCUT2D eigenvalue weighted by Gasteiger charge is 2.40. The van der Waals surface area contributed by atoms with Crippen molar-refractivity contribution in [3.63, 3.8) is 0 Å². The summed E-state index contributed by atoms with van der Waals surface area (Å²) >= 11 is 0. The highest BCUT2D eigenvalue weighted by molar-refractivity contribution is 6.29. The maximum atomic E-state index is 2.57. The first-order valence-electron chi connectivity index (χ1n) is 19.8. The summed E-state index contributed by atoms with van der Waals surface area (Å²) in [6.45, 7) is 9.29. The van der Waals surface area contributed by atoms with Crippen molar-refractivity contribution in [3.8, 4) is 55.6 Å². The van der Waals surface area contributed by atoms with Gasteiger partial charge in [-0.2, -0.15) is 0 Å². The second-order valence-electron chi connectivity index (χ2n) is 16.1. The minimum atomic E-state index is -0.237. The monoisotopic (exact) mass is 715 g/mol. The number of nitrogens with zero attached hydrogens (tertiary/aromatic N) is 1. The van der Waals surface area contributed by atoms with E-state index in [9.17, 15) is 0 Å². The van der Waals surface area contributed by atoms with Crippen molar-refractivity contribution in [2.45, 2.75) is 33.1 Å². The SMILES string of the molecule is Cc1ccccc1N(c1ccc2c(c1)C(C)(C)c1cc3c4c(cccc4c1-2)-c1c-3c(-c2ccccc2)c2ccccc2c1-c1ccccc1)c1ccccc1C. The number of benzene rings is 9. The second-order valence-corrected chi connectivity index (χ2v) is 16.1. The van der Waals surface area contributed by atoms with E-state index in [1.54, 1.807) is 0 Å². The smallest absolute Gasteiger partial charge is 0.0490 e. The number of hydrogen-bond acceptors (Lipinski definition) is 1. The molecule has 2 aliphatic rings. The number of anilines is 3. The van der Waals surface area contributed by atoms with E-state index < -0.39 is 0 Å². The average Bonchev–Trinajstić information content (AvgIpc) is 3.67. The fourth-order valence-corrected chi connectivity index (χ4v) is 10.0. The van der Waals surface area contributed by atoms with Crippen LogP contribution in [0.15, 0.2) is 176 Å². The molecule has 9 aromatic rings. The fraction of sp³-hybridized carbons (Fsp3) is 0.0909. The molecule has 0 heterocycles. The Morgan fingerprint density at radius 1 is 0.375 bits per heavy atom. The van der Waals surface area contributed by atoms with Gasteiger partial charge in [0, 0.05) is 22.5 Å². The first-order chi connectivity index (χ1) is 27.4. The summed E-state index contributed by atoms with van der Waals surface area (Å²) in [4.78, 5) is 2.45. The molecule has 9 aromatic carbocycles. The molecule has 0 fully saturated rings. The summed E-state index contributed by atoms with van der Waals surface area (Å²) in [6, 6.07) is 65.4. The summed E-state index contributed by atoms with van der Waals surface area (Å²) in [5.74, 6) is 0. The summed E-state index contributed by atoms with van der Waals surface area (Å²) in [6.07, 6.45) is 0. The van der Waals surface area contributed by atoms with E-state index in [0.29, 0.717) is 0 Å². The van der Waals surface area contributed by atoms with Gasteiger partial charge < -0.3 is 4.90 Å². The first kappa shape index (κ1) is 32.7. The quantitative estimate of drug-likeness (QED) is 0.171. The average molecular weight is 716 g/mol. The molecule has 56 heavy (non-hydrogen) atoms. The molecule has 0 radical (unpaired) electrons. The molecule has 1 heteroatoms. The number of fused-ring (bicyclic) bond motifs is 8. The van der Waals surface area contributed by atoms with Crippen LogP contribution in [0.1, 0.15) is 36.1 Å². The minimum Gasteiger partial charge on any atom is -0.310 e.